The van der Waals surface area contributed by atoms with Crippen molar-refractivity contribution in [3.8, 4) is 0 Å². The molecule has 3 nitrogen and oxygen atoms in total. The normalized spacial score (nSPS) is 12.7. The van der Waals surface area contributed by atoms with E-state index in [0.29, 0.717) is 5.02 Å². The number of hydrazine groups is 1. The summed E-state index contributed by atoms with van der Waals surface area (Å²) in [5, 5.41) is 4.88. The maximum absolute atomic E-state index is 6.20. The Morgan fingerprint density at radius 2 is 2.05 bits per heavy atom. The molecule has 5 heteroatoms. The highest BCUT2D eigenvalue weighted by Gasteiger charge is 2.20. The van der Waals surface area contributed by atoms with Gasteiger partial charge < -0.3 is 0 Å². The lowest BCUT2D eigenvalue weighted by Gasteiger charge is -2.16. The second-order valence-corrected chi connectivity index (χ2v) is 5.50. The van der Waals surface area contributed by atoms with Crippen LogP contribution in [0.4, 0.5) is 0 Å². The number of nitrogens with two attached hydrogens (primary N) is 1. The van der Waals surface area contributed by atoms with Crippen molar-refractivity contribution < 1.29 is 0 Å². The van der Waals surface area contributed by atoms with Crippen molar-refractivity contribution in [3.05, 3.63) is 63.6 Å². The standard InChI is InChI=1S/C14H12ClN3S/c15-11-6-8-19-14(11)13(18-16)12-10-4-2-1-3-9(10)5-7-17-12/h1-8,13,18H,16H2. The summed E-state index contributed by atoms with van der Waals surface area (Å²) >= 11 is 7.77. The Bertz CT molecular complexity index is 705. The molecule has 0 bridgehead atoms. The maximum atomic E-state index is 6.20. The number of fused-ring (bicyclic) bond motifs is 1. The number of hydrogen-bond acceptors (Lipinski definition) is 4. The Balaban J connectivity index is 2.20. The number of thiophene rings is 1. The molecule has 2 aromatic heterocycles. The van der Waals surface area contributed by atoms with Crippen LogP contribution in [-0.2, 0) is 0 Å². The Kier molecular flexibility index (Phi) is 3.48. The van der Waals surface area contributed by atoms with E-state index >= 15 is 0 Å². The van der Waals surface area contributed by atoms with Crippen molar-refractivity contribution in [2.45, 2.75) is 6.04 Å². The van der Waals surface area contributed by atoms with Crippen LogP contribution in [0.5, 0.6) is 0 Å². The molecule has 1 aromatic carbocycles. The highest BCUT2D eigenvalue weighted by Crippen LogP contribution is 2.34. The van der Waals surface area contributed by atoms with Gasteiger partial charge in [-0.3, -0.25) is 10.8 Å². The van der Waals surface area contributed by atoms with Gasteiger partial charge in [0.15, 0.2) is 0 Å². The molecule has 0 aliphatic carbocycles. The summed E-state index contributed by atoms with van der Waals surface area (Å²) in [6, 6.07) is 11.8. The van der Waals surface area contributed by atoms with E-state index < -0.39 is 0 Å². The Hall–Kier alpha value is -1.46. The van der Waals surface area contributed by atoms with Crippen LogP contribution in [0.3, 0.4) is 0 Å². The van der Waals surface area contributed by atoms with Crippen molar-refractivity contribution in [1.29, 1.82) is 0 Å². The number of nitrogens with one attached hydrogen (secondary N) is 1. The first kappa shape index (κ1) is 12.6. The fourth-order valence-electron chi connectivity index (χ4n) is 2.16. The summed E-state index contributed by atoms with van der Waals surface area (Å²) in [4.78, 5) is 5.46. The number of benzene rings is 1. The van der Waals surface area contributed by atoms with Crippen LogP contribution in [0.25, 0.3) is 10.8 Å². The van der Waals surface area contributed by atoms with Crippen LogP contribution in [0.2, 0.25) is 5.02 Å². The van der Waals surface area contributed by atoms with Crippen molar-refractivity contribution in [2.24, 2.45) is 5.84 Å². The van der Waals surface area contributed by atoms with Gasteiger partial charge in [-0.1, -0.05) is 35.9 Å². The molecule has 96 valence electrons. The van der Waals surface area contributed by atoms with E-state index in [9.17, 15) is 0 Å². The van der Waals surface area contributed by atoms with Gasteiger partial charge in [-0.2, -0.15) is 0 Å². The van der Waals surface area contributed by atoms with E-state index in [2.05, 4.69) is 16.5 Å². The van der Waals surface area contributed by atoms with E-state index in [1.54, 1.807) is 17.5 Å². The Morgan fingerprint density at radius 3 is 2.79 bits per heavy atom. The van der Waals surface area contributed by atoms with Gasteiger partial charge in [-0.05, 0) is 22.9 Å². The number of aromatic nitrogens is 1. The van der Waals surface area contributed by atoms with Crippen LogP contribution in [0.15, 0.2) is 48.0 Å². The SMILES string of the molecule is NNC(c1sccc1Cl)c1nccc2ccccc12. The molecule has 1 atom stereocenters. The zero-order valence-electron chi connectivity index (χ0n) is 10.0. The molecule has 0 aliphatic heterocycles. The van der Waals surface area contributed by atoms with Gasteiger partial charge in [0.2, 0.25) is 0 Å². The first-order valence-electron chi connectivity index (χ1n) is 5.84. The van der Waals surface area contributed by atoms with E-state index in [-0.39, 0.29) is 6.04 Å². The monoisotopic (exact) mass is 289 g/mol. The molecule has 0 fully saturated rings. The average Bonchev–Trinajstić information content (AvgIpc) is 2.86. The largest absolute Gasteiger partial charge is 0.270 e. The van der Waals surface area contributed by atoms with Crippen LogP contribution < -0.4 is 11.3 Å². The molecule has 3 aromatic rings. The summed E-state index contributed by atoms with van der Waals surface area (Å²) < 4.78 is 0. The van der Waals surface area contributed by atoms with Gasteiger partial charge in [-0.25, -0.2) is 5.43 Å². The molecule has 2 heterocycles. The summed E-state index contributed by atoms with van der Waals surface area (Å²) in [6.07, 6.45) is 1.80. The summed E-state index contributed by atoms with van der Waals surface area (Å²) in [6.45, 7) is 0. The molecule has 0 saturated heterocycles. The lowest BCUT2D eigenvalue weighted by atomic mass is 10.0. The van der Waals surface area contributed by atoms with E-state index in [1.807, 2.05) is 35.7 Å². The van der Waals surface area contributed by atoms with Gasteiger partial charge in [0, 0.05) is 16.5 Å². The number of rotatable bonds is 3. The topological polar surface area (TPSA) is 50.9 Å². The molecular formula is C14H12ClN3S. The van der Waals surface area contributed by atoms with Crippen molar-refractivity contribution in [3.63, 3.8) is 0 Å². The zero-order valence-corrected chi connectivity index (χ0v) is 11.6. The smallest absolute Gasteiger partial charge is 0.0994 e. The molecule has 0 amide bonds. The van der Waals surface area contributed by atoms with Crippen LogP contribution in [0, 0.1) is 0 Å². The second-order valence-electron chi connectivity index (χ2n) is 4.15. The summed E-state index contributed by atoms with van der Waals surface area (Å²) in [5.41, 5.74) is 3.71. The fourth-order valence-corrected chi connectivity index (χ4v) is 3.39. The van der Waals surface area contributed by atoms with Gasteiger partial charge >= 0.3 is 0 Å². The third-order valence-corrected chi connectivity index (χ3v) is 4.47. The van der Waals surface area contributed by atoms with Crippen LogP contribution in [-0.4, -0.2) is 4.98 Å². The predicted octanol–water partition coefficient (Wildman–Crippen LogP) is 3.50. The minimum Gasteiger partial charge on any atom is -0.270 e. The van der Waals surface area contributed by atoms with E-state index in [0.717, 1.165) is 21.3 Å². The highest BCUT2D eigenvalue weighted by molar-refractivity contribution is 7.10. The molecule has 0 spiro atoms. The molecule has 0 radical (unpaired) electrons. The van der Waals surface area contributed by atoms with Crippen molar-refractivity contribution >= 4 is 33.7 Å². The molecule has 0 saturated carbocycles. The second kappa shape index (κ2) is 5.27. The Morgan fingerprint density at radius 1 is 1.21 bits per heavy atom. The lowest BCUT2D eigenvalue weighted by Crippen LogP contribution is -2.29. The quantitative estimate of drug-likeness (QED) is 0.573. The first-order valence-corrected chi connectivity index (χ1v) is 7.09. The van der Waals surface area contributed by atoms with Crippen molar-refractivity contribution in [1.82, 2.24) is 10.4 Å². The highest BCUT2D eigenvalue weighted by atomic mass is 35.5. The van der Waals surface area contributed by atoms with Crippen LogP contribution in [0.1, 0.15) is 16.6 Å². The third kappa shape index (κ3) is 2.24. The number of nitrogens with zero attached hydrogens (tertiary/aromatic N) is 1. The van der Waals surface area contributed by atoms with E-state index in [1.165, 1.54) is 0 Å². The molecule has 1 unspecified atom stereocenters. The lowest BCUT2D eigenvalue weighted by molar-refractivity contribution is 0.635. The minimum atomic E-state index is -0.196. The summed E-state index contributed by atoms with van der Waals surface area (Å²) in [5.74, 6) is 5.71. The molecule has 3 N–H and O–H groups in total. The third-order valence-electron chi connectivity index (χ3n) is 3.05. The first-order chi connectivity index (χ1) is 9.31. The summed E-state index contributed by atoms with van der Waals surface area (Å²) in [7, 11) is 0. The Labute approximate surface area is 120 Å². The number of halogens is 1. The van der Waals surface area contributed by atoms with Gasteiger partial charge in [0.1, 0.15) is 0 Å². The minimum absolute atomic E-state index is 0.196. The predicted molar refractivity (Wildman–Crippen MR) is 80.2 cm³/mol. The molecular weight excluding hydrogens is 278 g/mol. The fraction of sp³-hybridized carbons (Fsp3) is 0.0714. The maximum Gasteiger partial charge on any atom is 0.0994 e. The average molecular weight is 290 g/mol. The zero-order chi connectivity index (χ0) is 13.2. The van der Waals surface area contributed by atoms with Crippen molar-refractivity contribution in [2.75, 3.05) is 0 Å². The molecule has 3 rings (SSSR count). The molecule has 19 heavy (non-hydrogen) atoms. The van der Waals surface area contributed by atoms with Crippen LogP contribution >= 0.6 is 22.9 Å². The number of hydrogen-bond donors (Lipinski definition) is 2. The van der Waals surface area contributed by atoms with Gasteiger partial charge in [-0.15, -0.1) is 11.3 Å². The molecule has 0 aliphatic rings. The number of pyridine rings is 1. The van der Waals surface area contributed by atoms with Gasteiger partial charge in [0.05, 0.1) is 16.8 Å². The van der Waals surface area contributed by atoms with Gasteiger partial charge in [0.25, 0.3) is 0 Å². The van der Waals surface area contributed by atoms with E-state index in [4.69, 9.17) is 17.4 Å².